The van der Waals surface area contributed by atoms with E-state index in [2.05, 4.69) is 26.6 Å². The number of rotatable bonds is 9. The van der Waals surface area contributed by atoms with E-state index < -0.39 is 84.5 Å². The first-order valence-corrected chi connectivity index (χ1v) is 13.7. The Kier molecular flexibility index (Phi) is 6.77. The zero-order chi connectivity index (χ0) is 40.7. The Hall–Kier alpha value is -4.82. The molecule has 0 radical (unpaired) electrons. The number of aryl methyl sites for hydroxylation is 2. The summed E-state index contributed by atoms with van der Waals surface area (Å²) in [7, 11) is -7.48. The first kappa shape index (κ1) is 22.7. The summed E-state index contributed by atoms with van der Waals surface area (Å²) in [6.45, 7) is 3.60. The lowest BCUT2D eigenvalue weighted by Crippen LogP contribution is -2.45. The molecule has 3 aromatic rings. The molecule has 238 valence electrons. The molecule has 1 heterocycles. The lowest BCUT2D eigenvalue weighted by atomic mass is 10.1. The minimum atomic E-state index is -3.28. The summed E-state index contributed by atoms with van der Waals surface area (Å²) in [5, 5.41) is 14.9. The number of hydrogen-bond acceptors (Lipinski definition) is 9. The fraction of sp³-hybridized carbons (Fsp3) is 0.290. The highest BCUT2D eigenvalue weighted by Crippen LogP contribution is 2.45. The standard InChI is InChI=1S/C31H33BrN4O9/c1-15-8-16(2)10-17(9-15)45-23-11-18-20(33-30(39)22(35(3)31(18)40)14-25(37)36(4)41)13-21(23)34-29(38)19-12-24(42-5)27(43-6)28(44-7)26(19)32/h8-13,22,41H,14H2,1-7H3,(H,33,39)(H,34,38)/t22-/m0/s1/i5D3,6D3,7D3. The number of methoxy groups -OCH3 is 3. The van der Waals surface area contributed by atoms with Crippen LogP contribution < -0.4 is 29.6 Å². The molecule has 0 saturated carbocycles. The molecule has 0 fully saturated rings. The molecule has 0 saturated heterocycles. The van der Waals surface area contributed by atoms with Gasteiger partial charge in [-0.2, -0.15) is 0 Å². The third kappa shape index (κ3) is 6.81. The van der Waals surface area contributed by atoms with Crippen LogP contribution in [0.25, 0.3) is 0 Å². The Morgan fingerprint density at radius 2 is 1.69 bits per heavy atom. The topological polar surface area (TPSA) is 156 Å². The number of hydroxylamine groups is 2. The van der Waals surface area contributed by atoms with Gasteiger partial charge in [0, 0.05) is 14.1 Å². The number of carbonyl (C=O) groups is 4. The van der Waals surface area contributed by atoms with Crippen LogP contribution in [0, 0.1) is 13.8 Å². The van der Waals surface area contributed by atoms with E-state index >= 15 is 0 Å². The quantitative estimate of drug-likeness (QED) is 0.212. The highest BCUT2D eigenvalue weighted by atomic mass is 79.9. The zero-order valence-electron chi connectivity index (χ0n) is 33.2. The van der Waals surface area contributed by atoms with Crippen LogP contribution in [0.1, 0.15) is 50.6 Å². The summed E-state index contributed by atoms with van der Waals surface area (Å²) < 4.78 is 88.7. The summed E-state index contributed by atoms with van der Waals surface area (Å²) in [6.07, 6.45) is -0.582. The van der Waals surface area contributed by atoms with Crippen LogP contribution in [-0.2, 0) is 9.59 Å². The number of amides is 4. The molecule has 14 heteroatoms. The van der Waals surface area contributed by atoms with Gasteiger partial charge in [-0.15, -0.1) is 0 Å². The van der Waals surface area contributed by atoms with Crippen LogP contribution in [0.2, 0.25) is 0 Å². The van der Waals surface area contributed by atoms with Gasteiger partial charge in [0.15, 0.2) is 17.2 Å². The molecule has 3 N–H and O–H groups in total. The molecule has 0 unspecified atom stereocenters. The van der Waals surface area contributed by atoms with Gasteiger partial charge in [-0.3, -0.25) is 24.4 Å². The Morgan fingerprint density at radius 1 is 1.02 bits per heavy atom. The monoisotopic (exact) mass is 693 g/mol. The number of nitrogens with one attached hydrogen (secondary N) is 2. The lowest BCUT2D eigenvalue weighted by molar-refractivity contribution is -0.161. The van der Waals surface area contributed by atoms with E-state index in [1.54, 1.807) is 26.0 Å². The molecule has 0 aliphatic carbocycles. The number of hydrogen-bond donors (Lipinski definition) is 3. The normalized spacial score (nSPS) is 18.0. The molecule has 0 bridgehead atoms. The molecular formula is C31H33BrN4O9. The number of benzene rings is 3. The van der Waals surface area contributed by atoms with Crippen molar-refractivity contribution in [3.8, 4) is 28.7 Å². The predicted octanol–water partition coefficient (Wildman–Crippen LogP) is 4.77. The minimum absolute atomic E-state index is 0.121. The number of likely N-dealkylation sites (N-methyl/N-ethyl adjacent to an activating group) is 1. The summed E-state index contributed by atoms with van der Waals surface area (Å²) in [4.78, 5) is 54.4. The maximum atomic E-state index is 14.1. The number of anilines is 2. The van der Waals surface area contributed by atoms with E-state index in [4.69, 9.17) is 31.3 Å². The molecule has 1 aliphatic rings. The molecule has 13 nitrogen and oxygen atoms in total. The summed E-state index contributed by atoms with van der Waals surface area (Å²) in [5.74, 6) is -6.20. The van der Waals surface area contributed by atoms with E-state index in [1.165, 1.54) is 19.2 Å². The van der Waals surface area contributed by atoms with E-state index in [9.17, 15) is 24.4 Å². The first-order chi connectivity index (χ1) is 24.7. The van der Waals surface area contributed by atoms with Crippen molar-refractivity contribution in [1.29, 1.82) is 0 Å². The predicted molar refractivity (Wildman–Crippen MR) is 168 cm³/mol. The smallest absolute Gasteiger partial charge is 0.257 e. The van der Waals surface area contributed by atoms with Crippen LogP contribution in [-0.4, -0.2) is 80.1 Å². The first-order valence-electron chi connectivity index (χ1n) is 17.5. The van der Waals surface area contributed by atoms with Crippen LogP contribution in [0.4, 0.5) is 11.4 Å². The fourth-order valence-electron chi connectivity index (χ4n) is 4.62. The zero-order valence-corrected chi connectivity index (χ0v) is 25.8. The fourth-order valence-corrected chi connectivity index (χ4v) is 5.18. The average Bonchev–Trinajstić information content (AvgIpc) is 3.08. The number of fused-ring (bicyclic) bond motifs is 1. The van der Waals surface area contributed by atoms with Crippen molar-refractivity contribution in [3.63, 3.8) is 0 Å². The Labute approximate surface area is 280 Å². The van der Waals surface area contributed by atoms with Gasteiger partial charge in [0.2, 0.25) is 17.6 Å². The highest BCUT2D eigenvalue weighted by molar-refractivity contribution is 9.10. The largest absolute Gasteiger partial charge is 0.493 e. The van der Waals surface area contributed by atoms with Gasteiger partial charge in [-0.05, 0) is 71.2 Å². The van der Waals surface area contributed by atoms with Crippen molar-refractivity contribution >= 4 is 50.9 Å². The molecule has 4 rings (SSSR count). The van der Waals surface area contributed by atoms with Crippen molar-refractivity contribution in [1.82, 2.24) is 9.96 Å². The SMILES string of the molecule is [2H]C([2H])([2H])Oc1cc(C(=O)Nc2cc3c(cc2Oc2cc(C)cc(C)c2)C(=O)N(C)[C@@H](CC(=O)N(C)O)C(=O)N3)c(Br)c(OC([2H])([2H])[2H])c1OC([2H])([2H])[2H]. The van der Waals surface area contributed by atoms with Gasteiger partial charge in [0.05, 0.1) is 66.8 Å². The minimum Gasteiger partial charge on any atom is -0.493 e. The van der Waals surface area contributed by atoms with Crippen molar-refractivity contribution in [2.24, 2.45) is 0 Å². The second-order valence-corrected chi connectivity index (χ2v) is 10.8. The number of halogens is 1. The molecule has 4 amide bonds. The van der Waals surface area contributed by atoms with Crippen molar-refractivity contribution in [2.45, 2.75) is 26.3 Å². The Bertz CT molecular complexity index is 1980. The third-order valence-corrected chi connectivity index (χ3v) is 7.59. The van der Waals surface area contributed by atoms with Gasteiger partial charge >= 0.3 is 0 Å². The maximum absolute atomic E-state index is 14.1. The molecule has 1 atom stereocenters. The Morgan fingerprint density at radius 3 is 2.33 bits per heavy atom. The van der Waals surface area contributed by atoms with Crippen LogP contribution in [0.15, 0.2) is 40.9 Å². The number of ether oxygens (including phenoxy) is 4. The lowest BCUT2D eigenvalue weighted by Gasteiger charge is -2.24. The Balaban J connectivity index is 1.91. The van der Waals surface area contributed by atoms with Crippen molar-refractivity contribution in [3.05, 3.63) is 63.1 Å². The van der Waals surface area contributed by atoms with Gasteiger partial charge in [-0.1, -0.05) is 6.07 Å². The van der Waals surface area contributed by atoms with Crippen LogP contribution in [0.5, 0.6) is 28.7 Å². The van der Waals surface area contributed by atoms with Crippen LogP contribution in [0.3, 0.4) is 0 Å². The average molecular weight is 695 g/mol. The van der Waals surface area contributed by atoms with E-state index in [0.717, 1.165) is 29.1 Å². The van der Waals surface area contributed by atoms with Crippen molar-refractivity contribution in [2.75, 3.05) is 45.8 Å². The van der Waals surface area contributed by atoms with E-state index in [1.807, 2.05) is 6.07 Å². The van der Waals surface area contributed by atoms with Gasteiger partial charge in [0.25, 0.3) is 11.8 Å². The van der Waals surface area contributed by atoms with Gasteiger partial charge in [-0.25, -0.2) is 5.06 Å². The summed E-state index contributed by atoms with van der Waals surface area (Å²) >= 11 is 3.05. The molecule has 3 aromatic carbocycles. The molecule has 0 spiro atoms. The van der Waals surface area contributed by atoms with Crippen LogP contribution >= 0.6 is 15.9 Å². The highest BCUT2D eigenvalue weighted by Gasteiger charge is 2.36. The second kappa shape index (κ2) is 13.4. The van der Waals surface area contributed by atoms with Gasteiger partial charge < -0.3 is 34.5 Å². The summed E-state index contributed by atoms with van der Waals surface area (Å²) in [6, 6.07) is 6.98. The van der Waals surface area contributed by atoms with Crippen molar-refractivity contribution < 1.29 is 55.7 Å². The van der Waals surface area contributed by atoms with E-state index in [-0.39, 0.29) is 33.5 Å². The molecule has 45 heavy (non-hydrogen) atoms. The third-order valence-electron chi connectivity index (χ3n) is 6.80. The summed E-state index contributed by atoms with van der Waals surface area (Å²) in [5.41, 5.74) is 0.591. The number of nitrogens with zero attached hydrogens (tertiary/aromatic N) is 2. The molecule has 1 aliphatic heterocycles. The number of carbonyl (C=O) groups excluding carboxylic acids is 4. The molecule has 0 aromatic heterocycles. The second-order valence-electron chi connectivity index (χ2n) is 10.0. The maximum Gasteiger partial charge on any atom is 0.257 e. The molecular weight excluding hydrogens is 652 g/mol. The van der Waals surface area contributed by atoms with E-state index in [0.29, 0.717) is 0 Å². The van der Waals surface area contributed by atoms with Gasteiger partial charge in [0.1, 0.15) is 11.8 Å².